The molecule has 0 saturated heterocycles. The summed E-state index contributed by atoms with van der Waals surface area (Å²) in [5.41, 5.74) is -1.23. The molecule has 0 bridgehead atoms. The number of alkyl halides is 1. The van der Waals surface area contributed by atoms with Gasteiger partial charge in [-0.1, -0.05) is 54.9 Å². The van der Waals surface area contributed by atoms with Crippen molar-refractivity contribution in [1.29, 1.82) is 0 Å². The number of rotatable bonds is 2. The van der Waals surface area contributed by atoms with E-state index in [0.717, 1.165) is 24.6 Å². The maximum absolute atomic E-state index is 12.4. The first kappa shape index (κ1) is 17.4. The Balaban J connectivity index is 2.14. The quantitative estimate of drug-likeness (QED) is 0.564. The monoisotopic (exact) mass is 380 g/mol. The van der Waals surface area contributed by atoms with E-state index >= 15 is 0 Å². The highest BCUT2D eigenvalue weighted by atomic mass is 79.9. The number of carbonyl (C=O) groups excluding carboxylic acids is 1. The lowest BCUT2D eigenvalue weighted by Crippen LogP contribution is -2.62. The Hall–Kier alpha value is -0.410. The average molecular weight is 381 g/mol. The smallest absolute Gasteiger partial charge is 0.186 e. The second-order valence-corrected chi connectivity index (χ2v) is 9.30. The van der Waals surface area contributed by atoms with Gasteiger partial charge in [0.15, 0.2) is 5.78 Å². The van der Waals surface area contributed by atoms with Crippen LogP contribution < -0.4 is 0 Å². The average Bonchev–Trinajstić information content (AvgIpc) is 2.50. The van der Waals surface area contributed by atoms with E-state index in [-0.39, 0.29) is 28.4 Å². The number of ketones is 1. The first-order valence-corrected chi connectivity index (χ1v) is 10.00. The van der Waals surface area contributed by atoms with E-state index < -0.39 is 5.60 Å². The molecule has 0 aliphatic heterocycles. The number of aliphatic hydroxyl groups is 1. The maximum Gasteiger partial charge on any atom is 0.186 e. The lowest BCUT2D eigenvalue weighted by atomic mass is 9.43. The molecular weight excluding hydrogens is 352 g/mol. The van der Waals surface area contributed by atoms with Crippen LogP contribution in [0.25, 0.3) is 0 Å². The van der Waals surface area contributed by atoms with Gasteiger partial charge in [-0.3, -0.25) is 4.79 Å². The standard InChI is InChI=1S/C20H29BrO2/c1-13(2)14-6-5-7-15-17-18(3,10-11-20(14,15)12-21)9-8-16(22)19(17,4)23/h5,7-9,13-15,17,23H,6,10-12H2,1-4H3/t14-,15-,17-,18-,19+,20-/m0/s1. The Morgan fingerprint density at radius 1 is 1.35 bits per heavy atom. The first-order valence-electron chi connectivity index (χ1n) is 8.88. The highest BCUT2D eigenvalue weighted by Crippen LogP contribution is 2.64. The molecule has 3 aliphatic rings. The van der Waals surface area contributed by atoms with E-state index in [2.05, 4.69) is 54.9 Å². The lowest BCUT2D eigenvalue weighted by Gasteiger charge is -2.62. The fourth-order valence-electron chi connectivity index (χ4n) is 5.87. The number of halogens is 1. The molecule has 0 aromatic rings. The Morgan fingerprint density at radius 3 is 2.65 bits per heavy atom. The van der Waals surface area contributed by atoms with E-state index in [1.807, 2.05) is 0 Å². The topological polar surface area (TPSA) is 37.3 Å². The number of carbonyl (C=O) groups is 1. The zero-order valence-corrected chi connectivity index (χ0v) is 16.3. The summed E-state index contributed by atoms with van der Waals surface area (Å²) in [5, 5.41) is 12.1. The SMILES string of the molecule is CC(C)[C@@H]1CC=C[C@H]2[C@H]3[C@@](C)(C=CC(=O)[C@@]3(C)O)CC[C@]12CBr. The molecule has 0 radical (unpaired) electrons. The van der Waals surface area contributed by atoms with Crippen molar-refractivity contribution < 1.29 is 9.90 Å². The summed E-state index contributed by atoms with van der Waals surface area (Å²) >= 11 is 3.82. The second-order valence-electron chi connectivity index (χ2n) is 8.74. The molecule has 2 nitrogen and oxygen atoms in total. The molecule has 128 valence electrons. The third-order valence-corrected chi connectivity index (χ3v) is 8.15. The predicted molar refractivity (Wildman–Crippen MR) is 97.4 cm³/mol. The largest absolute Gasteiger partial charge is 0.382 e. The second kappa shape index (κ2) is 5.56. The van der Waals surface area contributed by atoms with Gasteiger partial charge in [0.25, 0.3) is 0 Å². The zero-order chi connectivity index (χ0) is 17.0. The van der Waals surface area contributed by atoms with Crippen molar-refractivity contribution in [2.45, 2.75) is 52.6 Å². The fraction of sp³-hybridized carbons (Fsp3) is 0.750. The van der Waals surface area contributed by atoms with Crippen LogP contribution in [0.3, 0.4) is 0 Å². The van der Waals surface area contributed by atoms with E-state index in [0.29, 0.717) is 11.8 Å². The normalized spacial score (nSPS) is 49.2. The van der Waals surface area contributed by atoms with Gasteiger partial charge in [-0.05, 0) is 60.8 Å². The molecule has 0 amide bonds. The molecular formula is C20H29BrO2. The van der Waals surface area contributed by atoms with Crippen molar-refractivity contribution in [1.82, 2.24) is 0 Å². The maximum atomic E-state index is 12.4. The first-order chi connectivity index (χ1) is 10.7. The van der Waals surface area contributed by atoms with Gasteiger partial charge in [0.05, 0.1) is 0 Å². The summed E-state index contributed by atoms with van der Waals surface area (Å²) in [6.07, 6.45) is 11.6. The molecule has 0 aromatic carbocycles. The Labute approximate surface area is 148 Å². The molecule has 1 fully saturated rings. The molecule has 1 N–H and O–H groups in total. The molecule has 0 heterocycles. The molecule has 0 aromatic heterocycles. The van der Waals surface area contributed by atoms with Crippen molar-refractivity contribution in [2.24, 2.45) is 34.5 Å². The molecule has 6 atom stereocenters. The summed E-state index contributed by atoms with van der Waals surface area (Å²) in [5.74, 6) is 1.26. The number of allylic oxidation sites excluding steroid dienone is 3. The van der Waals surface area contributed by atoms with E-state index in [1.54, 1.807) is 13.0 Å². The highest BCUT2D eigenvalue weighted by molar-refractivity contribution is 9.09. The van der Waals surface area contributed by atoms with Gasteiger partial charge in [-0.2, -0.15) is 0 Å². The van der Waals surface area contributed by atoms with Crippen LogP contribution in [0.4, 0.5) is 0 Å². The van der Waals surface area contributed by atoms with Crippen LogP contribution in [0.5, 0.6) is 0 Å². The van der Waals surface area contributed by atoms with Gasteiger partial charge in [-0.15, -0.1) is 0 Å². The fourth-order valence-corrected chi connectivity index (χ4v) is 6.94. The van der Waals surface area contributed by atoms with Gasteiger partial charge in [0.2, 0.25) is 0 Å². The third kappa shape index (κ3) is 2.33. The Bertz CT molecular complexity index is 562. The molecule has 1 saturated carbocycles. The molecule has 3 aliphatic carbocycles. The van der Waals surface area contributed by atoms with Crippen LogP contribution >= 0.6 is 15.9 Å². The van der Waals surface area contributed by atoms with Crippen LogP contribution in [0.2, 0.25) is 0 Å². The predicted octanol–water partition coefficient (Wildman–Crippen LogP) is 4.52. The Morgan fingerprint density at radius 2 is 2.04 bits per heavy atom. The van der Waals surface area contributed by atoms with Gasteiger partial charge >= 0.3 is 0 Å². The van der Waals surface area contributed by atoms with Crippen LogP contribution in [0.15, 0.2) is 24.3 Å². The lowest BCUT2D eigenvalue weighted by molar-refractivity contribution is -0.163. The minimum absolute atomic E-state index is 0.0448. The molecule has 0 spiro atoms. The Kier molecular flexibility index (Phi) is 4.21. The number of hydrogen-bond donors (Lipinski definition) is 1. The van der Waals surface area contributed by atoms with Crippen LogP contribution in [-0.2, 0) is 4.79 Å². The molecule has 0 unspecified atom stereocenters. The van der Waals surface area contributed by atoms with Crippen molar-refractivity contribution in [3.05, 3.63) is 24.3 Å². The van der Waals surface area contributed by atoms with Crippen molar-refractivity contribution in [2.75, 3.05) is 5.33 Å². The summed E-state index contributed by atoms with van der Waals surface area (Å²) in [7, 11) is 0. The number of fused-ring (bicyclic) bond motifs is 3. The van der Waals surface area contributed by atoms with Crippen molar-refractivity contribution in [3.63, 3.8) is 0 Å². The van der Waals surface area contributed by atoms with E-state index in [4.69, 9.17) is 0 Å². The van der Waals surface area contributed by atoms with E-state index in [1.165, 1.54) is 0 Å². The van der Waals surface area contributed by atoms with Crippen LogP contribution in [-0.4, -0.2) is 21.8 Å². The summed E-state index contributed by atoms with van der Waals surface area (Å²) in [6.45, 7) is 8.57. The minimum Gasteiger partial charge on any atom is -0.382 e. The van der Waals surface area contributed by atoms with Gasteiger partial charge < -0.3 is 5.11 Å². The van der Waals surface area contributed by atoms with Gasteiger partial charge in [-0.25, -0.2) is 0 Å². The van der Waals surface area contributed by atoms with Crippen molar-refractivity contribution >= 4 is 21.7 Å². The number of hydrogen-bond acceptors (Lipinski definition) is 2. The molecule has 23 heavy (non-hydrogen) atoms. The zero-order valence-electron chi connectivity index (χ0n) is 14.7. The van der Waals surface area contributed by atoms with Crippen LogP contribution in [0.1, 0.15) is 47.0 Å². The van der Waals surface area contributed by atoms with Gasteiger partial charge in [0, 0.05) is 11.2 Å². The summed E-state index contributed by atoms with van der Waals surface area (Å²) in [6, 6.07) is 0. The molecule has 3 rings (SSSR count). The van der Waals surface area contributed by atoms with E-state index in [9.17, 15) is 9.90 Å². The van der Waals surface area contributed by atoms with Crippen LogP contribution in [0, 0.1) is 34.5 Å². The third-order valence-electron chi connectivity index (χ3n) is 7.11. The summed E-state index contributed by atoms with van der Waals surface area (Å²) in [4.78, 5) is 12.4. The van der Waals surface area contributed by atoms with Gasteiger partial charge in [0.1, 0.15) is 5.60 Å². The minimum atomic E-state index is -1.27. The molecule has 3 heteroatoms. The highest BCUT2D eigenvalue weighted by Gasteiger charge is 2.62. The summed E-state index contributed by atoms with van der Waals surface area (Å²) < 4.78 is 0. The van der Waals surface area contributed by atoms with Crippen molar-refractivity contribution in [3.8, 4) is 0 Å².